The highest BCUT2D eigenvalue weighted by Crippen LogP contribution is 2.34. The number of phenols is 1. The first-order chi connectivity index (χ1) is 12.0. The number of aromatic nitrogens is 2. The van der Waals surface area contributed by atoms with E-state index in [1.54, 1.807) is 6.07 Å². The van der Waals surface area contributed by atoms with Gasteiger partial charge in [0.1, 0.15) is 5.75 Å². The number of halogens is 2. The van der Waals surface area contributed by atoms with Gasteiger partial charge in [-0.3, -0.25) is 4.79 Å². The van der Waals surface area contributed by atoms with Crippen molar-refractivity contribution in [2.24, 2.45) is 0 Å². The molecule has 3 aromatic rings. The molecule has 5 nitrogen and oxygen atoms in total. The summed E-state index contributed by atoms with van der Waals surface area (Å²) in [6, 6.07) is 4.54. The van der Waals surface area contributed by atoms with Gasteiger partial charge in [-0.2, -0.15) is 4.98 Å². The van der Waals surface area contributed by atoms with Crippen molar-refractivity contribution in [1.82, 2.24) is 9.97 Å². The van der Waals surface area contributed by atoms with Crippen LogP contribution in [0.3, 0.4) is 0 Å². The monoisotopic (exact) mass is 393 g/mol. The van der Waals surface area contributed by atoms with E-state index in [9.17, 15) is 9.90 Å². The van der Waals surface area contributed by atoms with Crippen molar-refractivity contribution in [1.29, 1.82) is 0 Å². The summed E-state index contributed by atoms with van der Waals surface area (Å²) in [4.78, 5) is 23.8. The second kappa shape index (κ2) is 6.44. The third-order valence-corrected chi connectivity index (χ3v) is 5.71. The number of hydrogen-bond donors (Lipinski definition) is 1. The summed E-state index contributed by atoms with van der Waals surface area (Å²) in [6.07, 6.45) is 3.80. The van der Waals surface area contributed by atoms with Crippen molar-refractivity contribution in [3.63, 3.8) is 0 Å². The van der Waals surface area contributed by atoms with E-state index in [0.717, 1.165) is 22.9 Å². The first kappa shape index (κ1) is 16.6. The highest BCUT2D eigenvalue weighted by molar-refractivity contribution is 7.22. The Morgan fingerprint density at radius 2 is 1.96 bits per heavy atom. The number of nitrogens with zero attached hydrogens (tertiary/aromatic N) is 3. The lowest BCUT2D eigenvalue weighted by Gasteiger charge is -2.11. The molecule has 8 heteroatoms. The van der Waals surface area contributed by atoms with Gasteiger partial charge < -0.3 is 10.0 Å². The van der Waals surface area contributed by atoms with Crippen LogP contribution < -0.4 is 4.90 Å². The van der Waals surface area contributed by atoms with Crippen molar-refractivity contribution in [3.8, 4) is 5.75 Å². The first-order valence-corrected chi connectivity index (χ1v) is 9.34. The maximum Gasteiger partial charge on any atom is 0.198 e. The van der Waals surface area contributed by atoms with Gasteiger partial charge in [-0.15, -0.1) is 0 Å². The second-order valence-electron chi connectivity index (χ2n) is 5.85. The zero-order valence-corrected chi connectivity index (χ0v) is 15.3. The number of benzene rings is 1. The van der Waals surface area contributed by atoms with Crippen LogP contribution in [0.2, 0.25) is 10.0 Å². The van der Waals surface area contributed by atoms with E-state index in [4.69, 9.17) is 23.2 Å². The molecule has 0 radical (unpaired) electrons. The standard InChI is InChI=1S/C17H13Cl2N3O2S/c18-10-6-11(15(24)12(19)7-10)14(23)9-5-13-16(20-8-9)21-17(25-13)22-3-1-2-4-22/h5-8,24H,1-4H2. The van der Waals surface area contributed by atoms with Crippen molar-refractivity contribution in [2.75, 3.05) is 18.0 Å². The van der Waals surface area contributed by atoms with E-state index in [1.165, 1.54) is 42.5 Å². The second-order valence-corrected chi connectivity index (χ2v) is 7.70. The van der Waals surface area contributed by atoms with Crippen LogP contribution in [-0.4, -0.2) is 33.9 Å². The molecule has 3 heterocycles. The van der Waals surface area contributed by atoms with Crippen molar-refractivity contribution >= 4 is 55.8 Å². The molecule has 0 saturated carbocycles. The summed E-state index contributed by atoms with van der Waals surface area (Å²) < 4.78 is 0.834. The van der Waals surface area contributed by atoms with Gasteiger partial charge in [0.15, 0.2) is 16.6 Å². The fraction of sp³-hybridized carbons (Fsp3) is 0.235. The molecule has 1 N–H and O–H groups in total. The van der Waals surface area contributed by atoms with Crippen LogP contribution in [0.15, 0.2) is 24.4 Å². The molecule has 2 aromatic heterocycles. The van der Waals surface area contributed by atoms with Crippen molar-refractivity contribution in [2.45, 2.75) is 12.8 Å². The van der Waals surface area contributed by atoms with Gasteiger partial charge in [-0.25, -0.2) is 4.98 Å². The fourth-order valence-electron chi connectivity index (χ4n) is 2.87. The van der Waals surface area contributed by atoms with Crippen LogP contribution >= 0.6 is 34.5 Å². The predicted octanol–water partition coefficient (Wildman–Crippen LogP) is 4.53. The molecule has 0 amide bonds. The average molecular weight is 394 g/mol. The molecule has 1 fully saturated rings. The molecule has 0 aliphatic carbocycles. The Kier molecular flexibility index (Phi) is 4.27. The lowest BCUT2D eigenvalue weighted by atomic mass is 10.0. The zero-order chi connectivity index (χ0) is 17.6. The van der Waals surface area contributed by atoms with Crippen LogP contribution in [0.4, 0.5) is 5.13 Å². The van der Waals surface area contributed by atoms with E-state index in [0.29, 0.717) is 11.2 Å². The maximum atomic E-state index is 12.7. The van der Waals surface area contributed by atoms with Crippen molar-refractivity contribution in [3.05, 3.63) is 45.6 Å². The number of anilines is 1. The number of rotatable bonds is 3. The fourth-order valence-corrected chi connectivity index (χ4v) is 4.38. The Labute approximate surface area is 157 Å². The molecule has 128 valence electrons. The average Bonchev–Trinajstić information content (AvgIpc) is 3.25. The number of fused-ring (bicyclic) bond motifs is 1. The number of hydrogen-bond acceptors (Lipinski definition) is 6. The van der Waals surface area contributed by atoms with E-state index < -0.39 is 0 Å². The van der Waals surface area contributed by atoms with Crippen molar-refractivity contribution < 1.29 is 9.90 Å². The molecule has 0 unspecified atom stereocenters. The Hall–Kier alpha value is -1.89. The molecule has 0 atom stereocenters. The normalized spacial score (nSPS) is 14.4. The largest absolute Gasteiger partial charge is 0.506 e. The molecular weight excluding hydrogens is 381 g/mol. The number of phenolic OH excluding ortho intramolecular Hbond substituents is 1. The van der Waals surface area contributed by atoms with Crippen LogP contribution in [0.5, 0.6) is 5.75 Å². The molecule has 25 heavy (non-hydrogen) atoms. The minimum Gasteiger partial charge on any atom is -0.506 e. The van der Waals surface area contributed by atoms with Gasteiger partial charge in [0, 0.05) is 29.9 Å². The van der Waals surface area contributed by atoms with Crippen LogP contribution in [0, 0.1) is 0 Å². The van der Waals surface area contributed by atoms with Crippen LogP contribution in [0.1, 0.15) is 28.8 Å². The molecule has 1 saturated heterocycles. The SMILES string of the molecule is O=C(c1cnc2nc(N3CCCC3)sc2c1)c1cc(Cl)cc(Cl)c1O. The summed E-state index contributed by atoms with van der Waals surface area (Å²) >= 11 is 13.4. The van der Waals surface area contributed by atoms with Gasteiger partial charge in [0.05, 0.1) is 15.3 Å². The Bertz CT molecular complexity index is 983. The summed E-state index contributed by atoms with van der Waals surface area (Å²) in [5, 5.41) is 11.3. The van der Waals surface area contributed by atoms with Crippen LogP contribution in [0.25, 0.3) is 10.3 Å². The highest BCUT2D eigenvalue weighted by Gasteiger charge is 2.20. The third kappa shape index (κ3) is 3.05. The van der Waals surface area contributed by atoms with Gasteiger partial charge in [0.2, 0.25) is 0 Å². The summed E-state index contributed by atoms with van der Waals surface area (Å²) in [6.45, 7) is 2.00. The number of pyridine rings is 1. The van der Waals surface area contributed by atoms with Gasteiger partial charge in [0.25, 0.3) is 0 Å². The highest BCUT2D eigenvalue weighted by atomic mass is 35.5. The quantitative estimate of drug-likeness (QED) is 0.661. The minimum atomic E-state index is -0.382. The molecule has 0 spiro atoms. The smallest absolute Gasteiger partial charge is 0.198 e. The third-order valence-electron chi connectivity index (χ3n) is 4.15. The van der Waals surface area contributed by atoms with E-state index in [1.807, 2.05) is 0 Å². The number of carbonyl (C=O) groups excluding carboxylic acids is 1. The zero-order valence-electron chi connectivity index (χ0n) is 13.0. The minimum absolute atomic E-state index is 0.0407. The Morgan fingerprint density at radius 3 is 2.72 bits per heavy atom. The maximum absolute atomic E-state index is 12.7. The van der Waals surface area contributed by atoms with Gasteiger partial charge in [-0.05, 0) is 31.0 Å². The predicted molar refractivity (Wildman–Crippen MR) is 100 cm³/mol. The number of aromatic hydroxyl groups is 1. The number of thiazole rings is 1. The summed E-state index contributed by atoms with van der Waals surface area (Å²) in [5.41, 5.74) is 1.04. The molecule has 4 rings (SSSR count). The topological polar surface area (TPSA) is 66.3 Å². The Balaban J connectivity index is 1.73. The summed E-state index contributed by atoms with van der Waals surface area (Å²) in [7, 11) is 0. The number of ketones is 1. The Morgan fingerprint density at radius 1 is 1.20 bits per heavy atom. The van der Waals surface area contributed by atoms with E-state index in [-0.39, 0.29) is 27.1 Å². The van der Waals surface area contributed by atoms with Gasteiger partial charge >= 0.3 is 0 Å². The summed E-state index contributed by atoms with van der Waals surface area (Å²) in [5.74, 6) is -0.661. The van der Waals surface area contributed by atoms with Crippen LogP contribution in [-0.2, 0) is 0 Å². The molecule has 1 aliphatic heterocycles. The molecule has 1 aliphatic rings. The van der Waals surface area contributed by atoms with E-state index >= 15 is 0 Å². The first-order valence-electron chi connectivity index (χ1n) is 7.77. The lowest BCUT2D eigenvalue weighted by molar-refractivity contribution is 0.103. The molecule has 0 bridgehead atoms. The van der Waals surface area contributed by atoms with E-state index in [2.05, 4.69) is 14.9 Å². The van der Waals surface area contributed by atoms with Gasteiger partial charge in [-0.1, -0.05) is 34.5 Å². The molecular formula is C17H13Cl2N3O2S. The lowest BCUT2D eigenvalue weighted by Crippen LogP contribution is -2.16. The number of carbonyl (C=O) groups is 1. The molecule has 1 aromatic carbocycles.